The Bertz CT molecular complexity index is 612. The quantitative estimate of drug-likeness (QED) is 0.763. The molecular formula is C11H14N6O3. The van der Waals surface area contributed by atoms with Crippen LogP contribution in [0.1, 0.15) is 11.4 Å². The molecule has 0 amide bonds. The summed E-state index contributed by atoms with van der Waals surface area (Å²) >= 11 is 0. The lowest BCUT2D eigenvalue weighted by atomic mass is 10.4. The molecule has 2 aromatic rings. The number of methoxy groups -OCH3 is 1. The number of carbonyl (C=O) groups is 1. The molecule has 2 rings (SSSR count). The zero-order valence-electron chi connectivity index (χ0n) is 11.1. The van der Waals surface area contributed by atoms with Crippen molar-refractivity contribution < 1.29 is 14.6 Å². The molecule has 0 aliphatic heterocycles. The van der Waals surface area contributed by atoms with Gasteiger partial charge in [0.25, 0.3) is 0 Å². The van der Waals surface area contributed by atoms with Crippen LogP contribution in [0.15, 0.2) is 12.3 Å². The summed E-state index contributed by atoms with van der Waals surface area (Å²) in [6, 6.07) is 1.72. The fourth-order valence-corrected chi connectivity index (χ4v) is 1.53. The van der Waals surface area contributed by atoms with Crippen molar-refractivity contribution in [3.63, 3.8) is 0 Å². The maximum Gasteiger partial charge on any atom is 0.325 e. The summed E-state index contributed by atoms with van der Waals surface area (Å²) in [6.45, 7) is 1.95. The molecule has 0 aromatic carbocycles. The van der Waals surface area contributed by atoms with E-state index in [9.17, 15) is 4.79 Å². The topological polar surface area (TPSA) is 115 Å². The van der Waals surface area contributed by atoms with Gasteiger partial charge in [0.15, 0.2) is 0 Å². The van der Waals surface area contributed by atoms with Gasteiger partial charge in [-0.25, -0.2) is 9.67 Å². The number of ether oxygens (including phenoxy) is 1. The summed E-state index contributed by atoms with van der Waals surface area (Å²) in [6.07, 6.45) is 1.55. The van der Waals surface area contributed by atoms with E-state index in [1.165, 1.54) is 11.8 Å². The molecule has 0 unspecified atom stereocenters. The summed E-state index contributed by atoms with van der Waals surface area (Å²) in [4.78, 5) is 18.9. The second-order valence-electron chi connectivity index (χ2n) is 4.03. The molecule has 0 aliphatic carbocycles. The normalized spacial score (nSPS) is 10.3. The van der Waals surface area contributed by atoms with Crippen LogP contribution in [0.5, 0.6) is 5.88 Å². The number of nitrogens with one attached hydrogen (secondary N) is 1. The maximum atomic E-state index is 10.5. The van der Waals surface area contributed by atoms with Crippen LogP contribution >= 0.6 is 0 Å². The SMILES string of the molecule is COc1cc(C)nc(NCc2cn(CC(=O)O)nn2)n1. The first-order chi connectivity index (χ1) is 9.56. The number of hydrogen-bond donors (Lipinski definition) is 2. The van der Waals surface area contributed by atoms with Crippen LogP contribution in [0.3, 0.4) is 0 Å². The van der Waals surface area contributed by atoms with E-state index in [-0.39, 0.29) is 6.54 Å². The molecule has 9 nitrogen and oxygen atoms in total. The lowest BCUT2D eigenvalue weighted by Gasteiger charge is -2.05. The minimum Gasteiger partial charge on any atom is -0.481 e. The van der Waals surface area contributed by atoms with Crippen molar-refractivity contribution in [1.82, 2.24) is 25.0 Å². The average Bonchev–Trinajstić information content (AvgIpc) is 2.82. The van der Waals surface area contributed by atoms with Crippen LogP contribution in [-0.4, -0.2) is 43.1 Å². The van der Waals surface area contributed by atoms with Gasteiger partial charge in [-0.2, -0.15) is 4.98 Å². The first-order valence-corrected chi connectivity index (χ1v) is 5.81. The summed E-state index contributed by atoms with van der Waals surface area (Å²) < 4.78 is 6.29. The van der Waals surface area contributed by atoms with Crippen LogP contribution in [0, 0.1) is 6.92 Å². The molecule has 0 saturated heterocycles. The number of rotatable bonds is 6. The van der Waals surface area contributed by atoms with Crippen LogP contribution in [0.4, 0.5) is 5.95 Å². The molecule has 2 N–H and O–H groups in total. The second-order valence-corrected chi connectivity index (χ2v) is 4.03. The lowest BCUT2D eigenvalue weighted by molar-refractivity contribution is -0.137. The summed E-state index contributed by atoms with van der Waals surface area (Å²) in [5.74, 6) is -0.0923. The molecule has 0 bridgehead atoms. The van der Waals surface area contributed by atoms with Gasteiger partial charge < -0.3 is 15.2 Å². The number of hydrogen-bond acceptors (Lipinski definition) is 7. The molecule has 9 heteroatoms. The summed E-state index contributed by atoms with van der Waals surface area (Å²) in [7, 11) is 1.53. The number of nitrogens with zero attached hydrogens (tertiary/aromatic N) is 5. The smallest absolute Gasteiger partial charge is 0.325 e. The van der Waals surface area contributed by atoms with Crippen LogP contribution in [0.2, 0.25) is 0 Å². The molecule has 0 aliphatic rings. The molecule has 20 heavy (non-hydrogen) atoms. The molecule has 0 saturated carbocycles. The second kappa shape index (κ2) is 5.95. The van der Waals surface area contributed by atoms with E-state index in [0.717, 1.165) is 5.69 Å². The van der Waals surface area contributed by atoms with Crippen molar-refractivity contribution in [2.75, 3.05) is 12.4 Å². The molecule has 2 heterocycles. The number of anilines is 1. The van der Waals surface area contributed by atoms with Gasteiger partial charge in [-0.3, -0.25) is 4.79 Å². The largest absolute Gasteiger partial charge is 0.481 e. The molecule has 0 spiro atoms. The number of carboxylic acids is 1. The molecule has 0 atom stereocenters. The number of aliphatic carboxylic acids is 1. The fraction of sp³-hybridized carbons (Fsp3) is 0.364. The number of carboxylic acid groups (broad SMARTS) is 1. The van der Waals surface area contributed by atoms with E-state index < -0.39 is 5.97 Å². The fourth-order valence-electron chi connectivity index (χ4n) is 1.53. The van der Waals surface area contributed by atoms with Crippen molar-refractivity contribution in [3.8, 4) is 5.88 Å². The highest BCUT2D eigenvalue weighted by Gasteiger charge is 2.06. The van der Waals surface area contributed by atoms with Crippen LogP contribution in [0.25, 0.3) is 0 Å². The van der Waals surface area contributed by atoms with Crippen molar-refractivity contribution in [2.45, 2.75) is 20.0 Å². The van der Waals surface area contributed by atoms with Gasteiger partial charge in [0.1, 0.15) is 12.2 Å². The average molecular weight is 278 g/mol. The van der Waals surface area contributed by atoms with Gasteiger partial charge in [0, 0.05) is 11.8 Å². The zero-order valence-corrected chi connectivity index (χ0v) is 11.1. The predicted molar refractivity (Wildman–Crippen MR) is 68.3 cm³/mol. The summed E-state index contributed by atoms with van der Waals surface area (Å²) in [5, 5.41) is 19.2. The molecular weight excluding hydrogens is 264 g/mol. The zero-order chi connectivity index (χ0) is 14.5. The van der Waals surface area contributed by atoms with E-state index >= 15 is 0 Å². The van der Waals surface area contributed by atoms with Crippen molar-refractivity contribution >= 4 is 11.9 Å². The van der Waals surface area contributed by atoms with Crippen LogP contribution in [-0.2, 0) is 17.9 Å². The van der Waals surface area contributed by atoms with Crippen LogP contribution < -0.4 is 10.1 Å². The molecule has 2 aromatic heterocycles. The van der Waals surface area contributed by atoms with Crippen molar-refractivity contribution in [1.29, 1.82) is 0 Å². The van der Waals surface area contributed by atoms with Crippen molar-refractivity contribution in [2.24, 2.45) is 0 Å². The van der Waals surface area contributed by atoms with E-state index in [1.807, 2.05) is 6.92 Å². The molecule has 106 valence electrons. The van der Waals surface area contributed by atoms with Gasteiger partial charge in [-0.05, 0) is 6.92 Å². The minimum atomic E-state index is -0.971. The third-order valence-corrected chi connectivity index (χ3v) is 2.35. The van der Waals surface area contributed by atoms with Gasteiger partial charge in [0.05, 0.1) is 19.9 Å². The van der Waals surface area contributed by atoms with Gasteiger partial charge in [-0.15, -0.1) is 5.10 Å². The van der Waals surface area contributed by atoms with E-state index in [4.69, 9.17) is 9.84 Å². The third-order valence-electron chi connectivity index (χ3n) is 2.35. The Labute approximate surface area is 114 Å². The standard InChI is InChI=1S/C11H14N6O3/c1-7-3-9(20-2)14-11(13-7)12-4-8-5-17(16-15-8)6-10(18)19/h3,5H,4,6H2,1-2H3,(H,18,19)(H,12,13,14). The monoisotopic (exact) mass is 278 g/mol. The Morgan fingerprint density at radius 2 is 2.30 bits per heavy atom. The third kappa shape index (κ3) is 3.64. The Kier molecular flexibility index (Phi) is 4.08. The van der Waals surface area contributed by atoms with Gasteiger partial charge >= 0.3 is 5.97 Å². The number of aryl methyl sites for hydroxylation is 1. The Morgan fingerprint density at radius 3 is 3.00 bits per heavy atom. The lowest BCUT2D eigenvalue weighted by Crippen LogP contribution is -2.09. The highest BCUT2D eigenvalue weighted by atomic mass is 16.5. The minimum absolute atomic E-state index is 0.220. The molecule has 0 radical (unpaired) electrons. The predicted octanol–water partition coefficient (Wildman–Crippen LogP) is 0.0818. The van der Waals surface area contributed by atoms with Gasteiger partial charge in [0.2, 0.25) is 11.8 Å². The molecule has 0 fully saturated rings. The van der Waals surface area contributed by atoms with Crippen molar-refractivity contribution in [3.05, 3.63) is 23.7 Å². The Morgan fingerprint density at radius 1 is 1.50 bits per heavy atom. The Balaban J connectivity index is 1.99. The van der Waals surface area contributed by atoms with E-state index in [0.29, 0.717) is 24.1 Å². The van der Waals surface area contributed by atoms with Gasteiger partial charge in [-0.1, -0.05) is 5.21 Å². The highest BCUT2D eigenvalue weighted by Crippen LogP contribution is 2.11. The Hall–Kier alpha value is -2.71. The maximum absolute atomic E-state index is 10.5. The van der Waals surface area contributed by atoms with E-state index in [1.54, 1.807) is 12.3 Å². The highest BCUT2D eigenvalue weighted by molar-refractivity contribution is 5.66. The number of aromatic nitrogens is 5. The summed E-state index contributed by atoms with van der Waals surface area (Å²) in [5.41, 5.74) is 1.37. The first kappa shape index (κ1) is 13.7. The first-order valence-electron chi connectivity index (χ1n) is 5.81. The van der Waals surface area contributed by atoms with E-state index in [2.05, 4.69) is 25.6 Å².